The molecular formula is C12H14Cl2N2O2S. The highest BCUT2D eigenvalue weighted by Crippen LogP contribution is 2.36. The lowest BCUT2D eigenvalue weighted by Gasteiger charge is -2.19. The zero-order chi connectivity index (χ0) is 13.6. The molecule has 0 bridgehead atoms. The second-order valence-corrected chi connectivity index (χ2v) is 7.74. The van der Waals surface area contributed by atoms with Crippen LogP contribution in [0.1, 0.15) is 0 Å². The van der Waals surface area contributed by atoms with Crippen molar-refractivity contribution in [1.82, 2.24) is 9.62 Å². The number of fused-ring (bicyclic) bond motifs is 1. The van der Waals surface area contributed by atoms with Crippen LogP contribution in [-0.2, 0) is 10.0 Å². The van der Waals surface area contributed by atoms with Gasteiger partial charge in [-0.3, -0.25) is 0 Å². The van der Waals surface area contributed by atoms with Gasteiger partial charge < -0.3 is 5.32 Å². The number of hydrogen-bond acceptors (Lipinski definition) is 3. The Morgan fingerprint density at radius 2 is 1.63 bits per heavy atom. The summed E-state index contributed by atoms with van der Waals surface area (Å²) in [5.41, 5.74) is 0. The number of rotatable bonds is 2. The molecule has 0 aromatic heterocycles. The molecule has 0 amide bonds. The van der Waals surface area contributed by atoms with Crippen LogP contribution in [0.15, 0.2) is 23.1 Å². The third-order valence-corrected chi connectivity index (χ3v) is 6.66. The van der Waals surface area contributed by atoms with E-state index in [1.807, 2.05) is 0 Å². The second-order valence-electron chi connectivity index (χ2n) is 5.05. The molecule has 4 nitrogen and oxygen atoms in total. The predicted molar refractivity (Wildman–Crippen MR) is 75.1 cm³/mol. The molecule has 0 unspecified atom stereocenters. The van der Waals surface area contributed by atoms with Crippen molar-refractivity contribution in [2.45, 2.75) is 4.90 Å². The lowest BCUT2D eigenvalue weighted by Crippen LogP contribution is -2.32. The van der Waals surface area contributed by atoms with E-state index in [1.54, 1.807) is 18.2 Å². The predicted octanol–water partition coefficient (Wildman–Crippen LogP) is 1.83. The van der Waals surface area contributed by atoms with E-state index in [0.717, 1.165) is 13.1 Å². The average Bonchev–Trinajstić information content (AvgIpc) is 2.87. The van der Waals surface area contributed by atoms with Crippen molar-refractivity contribution in [2.75, 3.05) is 26.2 Å². The Morgan fingerprint density at radius 3 is 2.16 bits per heavy atom. The molecule has 104 valence electrons. The SMILES string of the molecule is O=S(=O)(c1c(Cl)cccc1Cl)N1C[C@H]2CNC[C@H]2C1. The van der Waals surface area contributed by atoms with E-state index in [0.29, 0.717) is 24.9 Å². The van der Waals surface area contributed by atoms with Crippen LogP contribution in [0.3, 0.4) is 0 Å². The standard InChI is InChI=1S/C12H14Cl2N2O2S/c13-10-2-1-3-11(14)12(10)19(17,18)16-6-8-4-15-5-9(8)7-16/h1-3,8-9,15H,4-7H2/t8-,9+. The maximum absolute atomic E-state index is 12.6. The van der Waals surface area contributed by atoms with E-state index in [2.05, 4.69) is 5.32 Å². The Bertz CT molecular complexity index is 573. The van der Waals surface area contributed by atoms with Gasteiger partial charge in [0.2, 0.25) is 10.0 Å². The van der Waals surface area contributed by atoms with Crippen LogP contribution in [0.2, 0.25) is 10.0 Å². The Labute approximate surface area is 122 Å². The van der Waals surface area contributed by atoms with Gasteiger partial charge in [0.15, 0.2) is 0 Å². The molecule has 7 heteroatoms. The van der Waals surface area contributed by atoms with Crippen molar-refractivity contribution >= 4 is 33.2 Å². The van der Waals surface area contributed by atoms with Gasteiger partial charge in [-0.1, -0.05) is 29.3 Å². The summed E-state index contributed by atoms with van der Waals surface area (Å²) in [7, 11) is -3.60. The summed E-state index contributed by atoms with van der Waals surface area (Å²) in [5, 5.41) is 3.65. The average molecular weight is 321 g/mol. The molecule has 2 heterocycles. The molecule has 0 radical (unpaired) electrons. The molecule has 0 spiro atoms. The third kappa shape index (κ3) is 2.28. The minimum Gasteiger partial charge on any atom is -0.316 e. The van der Waals surface area contributed by atoms with E-state index in [1.165, 1.54) is 4.31 Å². The van der Waals surface area contributed by atoms with Crippen molar-refractivity contribution in [2.24, 2.45) is 11.8 Å². The molecule has 0 saturated carbocycles. The summed E-state index contributed by atoms with van der Waals surface area (Å²) in [6.07, 6.45) is 0. The lowest BCUT2D eigenvalue weighted by molar-refractivity contribution is 0.448. The quantitative estimate of drug-likeness (QED) is 0.904. The summed E-state index contributed by atoms with van der Waals surface area (Å²) < 4.78 is 26.8. The van der Waals surface area contributed by atoms with Gasteiger partial charge in [-0.05, 0) is 37.1 Å². The molecule has 19 heavy (non-hydrogen) atoms. The lowest BCUT2D eigenvalue weighted by atomic mass is 10.0. The fourth-order valence-corrected chi connectivity index (χ4v) is 5.51. The topological polar surface area (TPSA) is 49.4 Å². The van der Waals surface area contributed by atoms with E-state index >= 15 is 0 Å². The fourth-order valence-electron chi connectivity index (χ4n) is 2.87. The van der Waals surface area contributed by atoms with Crippen molar-refractivity contribution in [3.05, 3.63) is 28.2 Å². The van der Waals surface area contributed by atoms with Crippen molar-refractivity contribution in [3.63, 3.8) is 0 Å². The highest BCUT2D eigenvalue weighted by molar-refractivity contribution is 7.89. The summed E-state index contributed by atoms with van der Waals surface area (Å²) in [5.74, 6) is 0.798. The van der Waals surface area contributed by atoms with E-state index in [9.17, 15) is 8.42 Å². The molecule has 2 fully saturated rings. The summed E-state index contributed by atoms with van der Waals surface area (Å²) in [4.78, 5) is 0.0336. The minimum atomic E-state index is -3.60. The van der Waals surface area contributed by atoms with Crippen molar-refractivity contribution in [3.8, 4) is 0 Å². The van der Waals surface area contributed by atoms with Crippen LogP contribution in [0, 0.1) is 11.8 Å². The van der Waals surface area contributed by atoms with Crippen LogP contribution in [-0.4, -0.2) is 38.9 Å². The summed E-state index contributed by atoms with van der Waals surface area (Å²) in [6, 6.07) is 4.75. The van der Waals surface area contributed by atoms with Gasteiger partial charge in [-0.25, -0.2) is 8.42 Å². The molecule has 2 saturated heterocycles. The van der Waals surface area contributed by atoms with Crippen molar-refractivity contribution in [1.29, 1.82) is 0 Å². The van der Waals surface area contributed by atoms with E-state index < -0.39 is 10.0 Å². The molecule has 3 rings (SSSR count). The number of hydrogen-bond donors (Lipinski definition) is 1. The Kier molecular flexibility index (Phi) is 3.52. The maximum Gasteiger partial charge on any atom is 0.246 e. The van der Waals surface area contributed by atoms with Crippen LogP contribution in [0.5, 0.6) is 0 Å². The number of halogens is 2. The van der Waals surface area contributed by atoms with Crippen LogP contribution in [0.4, 0.5) is 0 Å². The summed E-state index contributed by atoms with van der Waals surface area (Å²) in [6.45, 7) is 2.85. The summed E-state index contributed by atoms with van der Waals surface area (Å²) >= 11 is 12.0. The zero-order valence-electron chi connectivity index (χ0n) is 10.1. The fraction of sp³-hybridized carbons (Fsp3) is 0.500. The first-order valence-corrected chi connectivity index (χ1v) is 8.34. The van der Waals surface area contributed by atoms with Crippen LogP contribution >= 0.6 is 23.2 Å². The van der Waals surface area contributed by atoms with Gasteiger partial charge in [0.25, 0.3) is 0 Å². The maximum atomic E-state index is 12.6. The molecule has 0 aliphatic carbocycles. The van der Waals surface area contributed by atoms with Gasteiger partial charge >= 0.3 is 0 Å². The molecule has 1 aromatic rings. The third-order valence-electron chi connectivity index (χ3n) is 3.87. The molecule has 1 N–H and O–H groups in total. The minimum absolute atomic E-state index is 0.0336. The zero-order valence-corrected chi connectivity index (χ0v) is 12.5. The van der Waals surface area contributed by atoms with Gasteiger partial charge in [0, 0.05) is 13.1 Å². The Balaban J connectivity index is 1.96. The van der Waals surface area contributed by atoms with Gasteiger partial charge in [-0.2, -0.15) is 4.31 Å². The number of nitrogens with zero attached hydrogens (tertiary/aromatic N) is 1. The first-order chi connectivity index (χ1) is 9.00. The smallest absolute Gasteiger partial charge is 0.246 e. The molecule has 1 aromatic carbocycles. The monoisotopic (exact) mass is 320 g/mol. The van der Waals surface area contributed by atoms with Crippen molar-refractivity contribution < 1.29 is 8.42 Å². The van der Waals surface area contributed by atoms with Gasteiger partial charge in [0.1, 0.15) is 4.90 Å². The first-order valence-electron chi connectivity index (χ1n) is 6.15. The number of nitrogens with one attached hydrogen (secondary N) is 1. The van der Waals surface area contributed by atoms with E-state index in [-0.39, 0.29) is 14.9 Å². The molecule has 2 aliphatic rings. The second kappa shape index (κ2) is 4.90. The largest absolute Gasteiger partial charge is 0.316 e. The normalized spacial score (nSPS) is 27.7. The number of benzene rings is 1. The Morgan fingerprint density at radius 1 is 1.11 bits per heavy atom. The first kappa shape index (κ1) is 13.6. The van der Waals surface area contributed by atoms with Crippen LogP contribution < -0.4 is 5.32 Å². The Hall–Kier alpha value is -0.330. The molecule has 2 atom stereocenters. The molecule has 2 aliphatic heterocycles. The van der Waals surface area contributed by atoms with Crippen LogP contribution in [0.25, 0.3) is 0 Å². The van der Waals surface area contributed by atoms with Gasteiger partial charge in [-0.15, -0.1) is 0 Å². The van der Waals surface area contributed by atoms with E-state index in [4.69, 9.17) is 23.2 Å². The highest BCUT2D eigenvalue weighted by Gasteiger charge is 2.42. The highest BCUT2D eigenvalue weighted by atomic mass is 35.5. The molecular weight excluding hydrogens is 307 g/mol. The number of sulfonamides is 1. The van der Waals surface area contributed by atoms with Gasteiger partial charge in [0.05, 0.1) is 10.0 Å².